The van der Waals surface area contributed by atoms with Gasteiger partial charge in [-0.25, -0.2) is 4.79 Å². The summed E-state index contributed by atoms with van der Waals surface area (Å²) in [6.07, 6.45) is 5.41. The average molecular weight is 238 g/mol. The van der Waals surface area contributed by atoms with Crippen molar-refractivity contribution in [3.05, 3.63) is 60.6 Å². The van der Waals surface area contributed by atoms with Gasteiger partial charge in [0.25, 0.3) is 0 Å². The largest absolute Gasteiger partial charge is 0.478 e. The van der Waals surface area contributed by atoms with E-state index in [2.05, 4.69) is 4.98 Å². The van der Waals surface area contributed by atoms with Crippen LogP contribution in [0, 0.1) is 0 Å². The highest BCUT2D eigenvalue weighted by Crippen LogP contribution is 2.25. The van der Waals surface area contributed by atoms with E-state index in [1.807, 2.05) is 35.0 Å². The van der Waals surface area contributed by atoms with Crippen LogP contribution in [0.3, 0.4) is 0 Å². The highest BCUT2D eigenvalue weighted by molar-refractivity contribution is 5.97. The number of aromatic nitrogens is 2. The quantitative estimate of drug-likeness (QED) is 0.746. The molecule has 0 saturated heterocycles. The predicted molar refractivity (Wildman–Crippen MR) is 67.6 cm³/mol. The molecule has 2 aromatic heterocycles. The van der Waals surface area contributed by atoms with Gasteiger partial charge < -0.3 is 9.51 Å². The van der Waals surface area contributed by atoms with Gasteiger partial charge >= 0.3 is 5.97 Å². The lowest BCUT2D eigenvalue weighted by Crippen LogP contribution is -2.01. The van der Waals surface area contributed by atoms with Crippen LogP contribution in [0.4, 0.5) is 0 Å². The molecule has 88 valence electrons. The lowest BCUT2D eigenvalue weighted by atomic mass is 10.0. The fraction of sp³-hybridized carbons (Fsp3) is 0. The van der Waals surface area contributed by atoms with Crippen LogP contribution < -0.4 is 0 Å². The summed E-state index contributed by atoms with van der Waals surface area (Å²) in [4.78, 5) is 15.5. The van der Waals surface area contributed by atoms with Crippen LogP contribution >= 0.6 is 0 Å². The predicted octanol–water partition coefficient (Wildman–Crippen LogP) is 2.70. The number of hydrogen-bond donors (Lipinski definition) is 1. The zero-order valence-electron chi connectivity index (χ0n) is 9.45. The van der Waals surface area contributed by atoms with E-state index in [0.29, 0.717) is 11.3 Å². The second-order valence-electron chi connectivity index (χ2n) is 3.93. The molecule has 3 rings (SSSR count). The first-order chi connectivity index (χ1) is 8.77. The minimum absolute atomic E-state index is 0.263. The van der Waals surface area contributed by atoms with Crippen LogP contribution in [0.2, 0.25) is 0 Å². The topological polar surface area (TPSA) is 54.6 Å². The first-order valence-electron chi connectivity index (χ1n) is 5.52. The summed E-state index contributed by atoms with van der Waals surface area (Å²) >= 11 is 0. The first kappa shape index (κ1) is 10.5. The minimum atomic E-state index is -0.944. The van der Waals surface area contributed by atoms with Crippen molar-refractivity contribution in [1.29, 1.82) is 0 Å². The van der Waals surface area contributed by atoms with E-state index >= 15 is 0 Å². The van der Waals surface area contributed by atoms with Crippen molar-refractivity contribution in [3.63, 3.8) is 0 Å². The number of carboxylic acids is 1. The first-order valence-corrected chi connectivity index (χ1v) is 5.52. The van der Waals surface area contributed by atoms with Gasteiger partial charge in [-0.15, -0.1) is 0 Å². The van der Waals surface area contributed by atoms with Crippen LogP contribution in [-0.2, 0) is 0 Å². The molecular weight excluding hydrogens is 228 g/mol. The molecule has 4 heteroatoms. The van der Waals surface area contributed by atoms with Crippen LogP contribution in [0.25, 0.3) is 16.8 Å². The smallest absolute Gasteiger partial charge is 0.336 e. The number of carbonyl (C=O) groups is 1. The minimum Gasteiger partial charge on any atom is -0.478 e. The zero-order valence-corrected chi connectivity index (χ0v) is 9.45. The van der Waals surface area contributed by atoms with E-state index in [1.54, 1.807) is 24.4 Å². The average Bonchev–Trinajstić information content (AvgIpc) is 2.86. The molecule has 0 saturated carbocycles. The molecule has 1 N–H and O–H groups in total. The number of carboxylic acid groups (broad SMARTS) is 1. The fourth-order valence-electron chi connectivity index (χ4n) is 2.05. The molecule has 0 amide bonds. The fourth-order valence-corrected chi connectivity index (χ4v) is 2.05. The van der Waals surface area contributed by atoms with Gasteiger partial charge in [0.2, 0.25) is 0 Å². The third-order valence-electron chi connectivity index (χ3n) is 2.87. The Hall–Kier alpha value is -2.62. The van der Waals surface area contributed by atoms with Crippen LogP contribution in [0.1, 0.15) is 10.4 Å². The molecule has 0 atom stereocenters. The van der Waals surface area contributed by atoms with Crippen molar-refractivity contribution >= 4 is 11.5 Å². The summed E-state index contributed by atoms with van der Waals surface area (Å²) in [5.74, 6) is -0.944. The molecule has 0 aliphatic rings. The lowest BCUT2D eigenvalue weighted by Gasteiger charge is -2.07. The number of rotatable bonds is 2. The molecule has 0 aliphatic carbocycles. The van der Waals surface area contributed by atoms with Crippen LogP contribution in [0.15, 0.2) is 55.0 Å². The van der Waals surface area contributed by atoms with Gasteiger partial charge in [0.15, 0.2) is 0 Å². The summed E-state index contributed by atoms with van der Waals surface area (Å²) in [6, 6.07) is 10.7. The Labute approximate surface area is 103 Å². The maximum Gasteiger partial charge on any atom is 0.336 e. The molecular formula is C14H10N2O2. The van der Waals surface area contributed by atoms with E-state index < -0.39 is 5.97 Å². The molecule has 3 aromatic rings. The monoisotopic (exact) mass is 238 g/mol. The second-order valence-corrected chi connectivity index (χ2v) is 3.93. The summed E-state index contributed by atoms with van der Waals surface area (Å²) in [5.41, 5.74) is 2.47. The van der Waals surface area contributed by atoms with Crippen molar-refractivity contribution in [2.24, 2.45) is 0 Å². The third-order valence-corrected chi connectivity index (χ3v) is 2.87. The van der Waals surface area contributed by atoms with E-state index in [-0.39, 0.29) is 5.56 Å². The maximum atomic E-state index is 11.2. The molecule has 2 heterocycles. The molecule has 0 spiro atoms. The SMILES string of the molecule is O=C(O)c1ccccc1-c1nccn2cccc12. The van der Waals surface area contributed by atoms with Crippen molar-refractivity contribution < 1.29 is 9.90 Å². The van der Waals surface area contributed by atoms with Crippen LogP contribution in [-0.4, -0.2) is 20.5 Å². The zero-order chi connectivity index (χ0) is 12.5. The molecule has 0 radical (unpaired) electrons. The summed E-state index contributed by atoms with van der Waals surface area (Å²) in [5, 5.41) is 9.22. The molecule has 0 fully saturated rings. The number of hydrogen-bond acceptors (Lipinski definition) is 2. The second kappa shape index (κ2) is 4.00. The van der Waals surface area contributed by atoms with Gasteiger partial charge in [0, 0.05) is 24.2 Å². The number of aromatic carboxylic acids is 1. The van der Waals surface area contributed by atoms with Crippen molar-refractivity contribution in [2.45, 2.75) is 0 Å². The molecule has 0 bridgehead atoms. The summed E-state index contributed by atoms with van der Waals surface area (Å²) in [7, 11) is 0. The van der Waals surface area contributed by atoms with E-state index in [4.69, 9.17) is 0 Å². The number of fused-ring (bicyclic) bond motifs is 1. The Bertz CT molecular complexity index is 731. The van der Waals surface area contributed by atoms with Crippen molar-refractivity contribution in [1.82, 2.24) is 9.38 Å². The molecule has 1 aromatic carbocycles. The van der Waals surface area contributed by atoms with E-state index in [9.17, 15) is 9.90 Å². The lowest BCUT2D eigenvalue weighted by molar-refractivity contribution is 0.0697. The standard InChI is InChI=1S/C14H10N2O2/c17-14(18)11-5-2-1-4-10(11)13-12-6-3-8-16(12)9-7-15-13/h1-9H,(H,17,18). The summed E-state index contributed by atoms with van der Waals surface area (Å²) < 4.78 is 1.92. The molecule has 0 unspecified atom stereocenters. The maximum absolute atomic E-state index is 11.2. The molecule has 4 nitrogen and oxygen atoms in total. The van der Waals surface area contributed by atoms with Gasteiger partial charge in [-0.1, -0.05) is 18.2 Å². The van der Waals surface area contributed by atoms with Gasteiger partial charge in [0.05, 0.1) is 16.8 Å². The van der Waals surface area contributed by atoms with Crippen molar-refractivity contribution in [3.8, 4) is 11.3 Å². The molecule has 0 aliphatic heterocycles. The number of nitrogens with zero attached hydrogens (tertiary/aromatic N) is 2. The van der Waals surface area contributed by atoms with Gasteiger partial charge in [-0.05, 0) is 18.2 Å². The Morgan fingerprint density at radius 1 is 1.11 bits per heavy atom. The van der Waals surface area contributed by atoms with Crippen molar-refractivity contribution in [2.75, 3.05) is 0 Å². The highest BCUT2D eigenvalue weighted by atomic mass is 16.4. The van der Waals surface area contributed by atoms with Gasteiger partial charge in [-0.3, -0.25) is 4.98 Å². The Kier molecular flexibility index (Phi) is 2.34. The Balaban J connectivity index is 2.33. The third kappa shape index (κ3) is 1.55. The van der Waals surface area contributed by atoms with Gasteiger partial charge in [0.1, 0.15) is 0 Å². The summed E-state index contributed by atoms with van der Waals surface area (Å²) in [6.45, 7) is 0. The van der Waals surface area contributed by atoms with E-state index in [1.165, 1.54) is 0 Å². The van der Waals surface area contributed by atoms with Gasteiger partial charge in [-0.2, -0.15) is 0 Å². The normalized spacial score (nSPS) is 10.7. The molecule has 18 heavy (non-hydrogen) atoms. The van der Waals surface area contributed by atoms with E-state index in [0.717, 1.165) is 5.52 Å². The van der Waals surface area contributed by atoms with Crippen LogP contribution in [0.5, 0.6) is 0 Å². The Morgan fingerprint density at radius 3 is 2.78 bits per heavy atom. The highest BCUT2D eigenvalue weighted by Gasteiger charge is 2.14. The Morgan fingerprint density at radius 2 is 1.94 bits per heavy atom. The number of benzene rings is 1.